The molecule has 4 heteroatoms. The van der Waals surface area contributed by atoms with Crippen LogP contribution in [-0.2, 0) is 6.42 Å². The number of H-pyrrole nitrogens is 1. The number of ether oxygens (including phenoxy) is 1. The van der Waals surface area contributed by atoms with Crippen LogP contribution in [0.1, 0.15) is 35.4 Å². The summed E-state index contributed by atoms with van der Waals surface area (Å²) in [5, 5.41) is 8.01. The van der Waals surface area contributed by atoms with Crippen LogP contribution in [0.15, 0.2) is 18.2 Å². The molecule has 0 aliphatic heterocycles. The summed E-state index contributed by atoms with van der Waals surface area (Å²) in [6, 6.07) is 5.77. The quantitative estimate of drug-likeness (QED) is 0.802. The lowest BCUT2D eigenvalue weighted by molar-refractivity contribution is 0.306. The van der Waals surface area contributed by atoms with Gasteiger partial charge in [0.2, 0.25) is 0 Å². The predicted molar refractivity (Wildman–Crippen MR) is 82.7 cm³/mol. The summed E-state index contributed by atoms with van der Waals surface area (Å²) in [4.78, 5) is 0. The van der Waals surface area contributed by atoms with E-state index in [-0.39, 0.29) is 0 Å². The maximum absolute atomic E-state index is 5.99. The number of hydrogen-bond acceptors (Lipinski definition) is 2. The van der Waals surface area contributed by atoms with Gasteiger partial charge in [-0.25, -0.2) is 0 Å². The number of halogens is 1. The van der Waals surface area contributed by atoms with E-state index in [9.17, 15) is 0 Å². The van der Waals surface area contributed by atoms with Crippen LogP contribution >= 0.6 is 11.6 Å². The highest BCUT2D eigenvalue weighted by atomic mass is 35.5. The molecule has 1 N–H and O–H groups in total. The first-order chi connectivity index (χ1) is 9.58. The van der Waals surface area contributed by atoms with Crippen LogP contribution in [0.2, 0.25) is 5.02 Å². The van der Waals surface area contributed by atoms with E-state index in [1.54, 1.807) is 0 Å². The molecule has 1 heterocycles. The van der Waals surface area contributed by atoms with Gasteiger partial charge in [0.25, 0.3) is 0 Å². The second-order valence-electron chi connectivity index (χ2n) is 5.13. The third-order valence-corrected chi connectivity index (χ3v) is 3.92. The highest BCUT2D eigenvalue weighted by Crippen LogP contribution is 2.21. The number of nitrogens with zero attached hydrogens (tertiary/aromatic N) is 1. The standard InChI is InChI=1S/C16H21ClN2O/c1-11-10-14(7-8-16(11)17)20-9-5-4-6-15-12(2)18-19-13(15)3/h7-8,10H,4-6,9H2,1-3H3,(H,18,19). The van der Waals surface area contributed by atoms with Gasteiger partial charge in [0.1, 0.15) is 5.75 Å². The molecular formula is C16H21ClN2O. The molecule has 0 atom stereocenters. The van der Waals surface area contributed by atoms with Crippen LogP contribution in [-0.4, -0.2) is 16.8 Å². The normalized spacial score (nSPS) is 10.8. The molecule has 0 fully saturated rings. The molecule has 0 amide bonds. The topological polar surface area (TPSA) is 37.9 Å². The molecule has 0 saturated heterocycles. The molecule has 1 aromatic heterocycles. The lowest BCUT2D eigenvalue weighted by Gasteiger charge is -2.08. The number of hydrogen-bond donors (Lipinski definition) is 1. The summed E-state index contributed by atoms with van der Waals surface area (Å²) < 4.78 is 5.74. The number of benzene rings is 1. The summed E-state index contributed by atoms with van der Waals surface area (Å²) in [6.45, 7) is 6.84. The van der Waals surface area contributed by atoms with Crippen LogP contribution in [0.25, 0.3) is 0 Å². The highest BCUT2D eigenvalue weighted by Gasteiger charge is 2.05. The molecule has 108 valence electrons. The molecule has 0 bridgehead atoms. The van der Waals surface area contributed by atoms with Crippen LogP contribution in [0.3, 0.4) is 0 Å². The first kappa shape index (κ1) is 14.9. The third kappa shape index (κ3) is 3.76. The van der Waals surface area contributed by atoms with E-state index < -0.39 is 0 Å². The van der Waals surface area contributed by atoms with Crippen LogP contribution in [0, 0.1) is 20.8 Å². The van der Waals surface area contributed by atoms with Gasteiger partial charge in [-0.3, -0.25) is 5.10 Å². The number of aromatic amines is 1. The predicted octanol–water partition coefficient (Wildman–Crippen LogP) is 4.39. The Morgan fingerprint density at radius 2 is 2.00 bits per heavy atom. The van der Waals surface area contributed by atoms with E-state index in [0.29, 0.717) is 0 Å². The van der Waals surface area contributed by atoms with E-state index >= 15 is 0 Å². The van der Waals surface area contributed by atoms with E-state index in [1.165, 1.54) is 11.3 Å². The summed E-state index contributed by atoms with van der Waals surface area (Å²) >= 11 is 5.99. The Bertz CT molecular complexity index is 558. The van der Waals surface area contributed by atoms with E-state index in [2.05, 4.69) is 17.1 Å². The van der Waals surface area contributed by atoms with Gasteiger partial charge in [0, 0.05) is 10.7 Å². The van der Waals surface area contributed by atoms with Crippen LogP contribution < -0.4 is 4.74 Å². The van der Waals surface area contributed by atoms with Crippen molar-refractivity contribution in [2.45, 2.75) is 40.0 Å². The van der Waals surface area contributed by atoms with Gasteiger partial charge in [-0.15, -0.1) is 0 Å². The fourth-order valence-electron chi connectivity index (χ4n) is 2.24. The van der Waals surface area contributed by atoms with Gasteiger partial charge in [-0.1, -0.05) is 11.6 Å². The zero-order valence-electron chi connectivity index (χ0n) is 12.3. The SMILES string of the molecule is Cc1cc(OCCCCc2c(C)n[nH]c2C)ccc1Cl. The minimum Gasteiger partial charge on any atom is -0.494 e. The van der Waals surface area contributed by atoms with E-state index in [0.717, 1.165) is 47.9 Å². The molecule has 2 aromatic rings. The Labute approximate surface area is 125 Å². The molecule has 0 radical (unpaired) electrons. The fraction of sp³-hybridized carbons (Fsp3) is 0.438. The summed E-state index contributed by atoms with van der Waals surface area (Å²) in [5.74, 6) is 0.891. The maximum atomic E-state index is 5.99. The second kappa shape index (κ2) is 6.80. The summed E-state index contributed by atoms with van der Waals surface area (Å²) in [6.07, 6.45) is 3.19. The monoisotopic (exact) mass is 292 g/mol. The minimum atomic E-state index is 0.733. The lowest BCUT2D eigenvalue weighted by atomic mass is 10.1. The third-order valence-electron chi connectivity index (χ3n) is 3.50. The average molecular weight is 293 g/mol. The van der Waals surface area contributed by atoms with E-state index in [1.807, 2.05) is 32.0 Å². The van der Waals surface area contributed by atoms with Gasteiger partial charge in [-0.05, 0) is 69.4 Å². The zero-order chi connectivity index (χ0) is 14.5. The van der Waals surface area contributed by atoms with Crippen LogP contribution in [0.5, 0.6) is 5.75 Å². The molecule has 20 heavy (non-hydrogen) atoms. The van der Waals surface area contributed by atoms with Gasteiger partial charge < -0.3 is 4.74 Å². The number of aryl methyl sites for hydroxylation is 3. The molecule has 1 aromatic carbocycles. The summed E-state index contributed by atoms with van der Waals surface area (Å²) in [5.41, 5.74) is 4.68. The molecule has 0 saturated carbocycles. The minimum absolute atomic E-state index is 0.733. The van der Waals surface area contributed by atoms with Gasteiger partial charge in [-0.2, -0.15) is 5.10 Å². The largest absolute Gasteiger partial charge is 0.494 e. The van der Waals surface area contributed by atoms with Crippen molar-refractivity contribution in [3.8, 4) is 5.75 Å². The Kier molecular flexibility index (Phi) is 5.07. The first-order valence-corrected chi connectivity index (χ1v) is 7.35. The molecule has 0 aliphatic carbocycles. The maximum Gasteiger partial charge on any atom is 0.119 e. The molecule has 0 spiro atoms. The lowest BCUT2D eigenvalue weighted by Crippen LogP contribution is -1.99. The number of aromatic nitrogens is 2. The molecule has 2 rings (SSSR count). The van der Waals surface area contributed by atoms with E-state index in [4.69, 9.17) is 16.3 Å². The van der Waals surface area contributed by atoms with Crippen LogP contribution in [0.4, 0.5) is 0 Å². The Hall–Kier alpha value is -1.48. The second-order valence-corrected chi connectivity index (χ2v) is 5.54. The molecule has 0 aliphatic rings. The van der Waals surface area contributed by atoms with Crippen molar-refractivity contribution in [2.75, 3.05) is 6.61 Å². The average Bonchev–Trinajstić information content (AvgIpc) is 2.73. The van der Waals surface area contributed by atoms with Crippen molar-refractivity contribution >= 4 is 11.6 Å². The van der Waals surface area contributed by atoms with Crippen molar-refractivity contribution in [3.63, 3.8) is 0 Å². The number of unbranched alkanes of at least 4 members (excludes halogenated alkanes) is 1. The smallest absolute Gasteiger partial charge is 0.119 e. The van der Waals surface area contributed by atoms with Crippen molar-refractivity contribution in [2.24, 2.45) is 0 Å². The number of nitrogens with one attached hydrogen (secondary N) is 1. The molecule has 0 unspecified atom stereocenters. The van der Waals surface area contributed by atoms with Gasteiger partial charge >= 0.3 is 0 Å². The Balaban J connectivity index is 1.73. The number of rotatable bonds is 6. The Morgan fingerprint density at radius 1 is 1.20 bits per heavy atom. The Morgan fingerprint density at radius 3 is 2.65 bits per heavy atom. The first-order valence-electron chi connectivity index (χ1n) is 6.97. The summed E-state index contributed by atoms with van der Waals surface area (Å²) in [7, 11) is 0. The zero-order valence-corrected chi connectivity index (χ0v) is 13.0. The van der Waals surface area contributed by atoms with Gasteiger partial charge in [0.05, 0.1) is 12.3 Å². The highest BCUT2D eigenvalue weighted by molar-refractivity contribution is 6.31. The van der Waals surface area contributed by atoms with Gasteiger partial charge in [0.15, 0.2) is 0 Å². The fourth-order valence-corrected chi connectivity index (χ4v) is 2.36. The van der Waals surface area contributed by atoms with Crippen molar-refractivity contribution in [3.05, 3.63) is 45.7 Å². The van der Waals surface area contributed by atoms with Crippen molar-refractivity contribution in [1.82, 2.24) is 10.2 Å². The molecule has 3 nitrogen and oxygen atoms in total. The molecular weight excluding hydrogens is 272 g/mol. The van der Waals surface area contributed by atoms with Crippen molar-refractivity contribution in [1.29, 1.82) is 0 Å². The van der Waals surface area contributed by atoms with Crippen molar-refractivity contribution < 1.29 is 4.74 Å².